The highest BCUT2D eigenvalue weighted by Gasteiger charge is 2.39. The number of amides is 3. The lowest BCUT2D eigenvalue weighted by atomic mass is 10.1. The molecule has 3 amide bonds. The van der Waals surface area contributed by atoms with Gasteiger partial charge >= 0.3 is 0 Å². The molecule has 0 fully saturated rings. The first-order valence-corrected chi connectivity index (χ1v) is 8.93. The average Bonchev–Trinajstić information content (AvgIpc) is 3.33. The summed E-state index contributed by atoms with van der Waals surface area (Å²) in [5.41, 5.74) is 1.75. The topological polar surface area (TPSA) is 79.6 Å². The molecule has 6 heteroatoms. The minimum absolute atomic E-state index is 0.243. The summed E-state index contributed by atoms with van der Waals surface area (Å²) < 4.78 is 5.19. The van der Waals surface area contributed by atoms with E-state index in [1.54, 1.807) is 18.2 Å². The predicted molar refractivity (Wildman–Crippen MR) is 102 cm³/mol. The molecule has 28 heavy (non-hydrogen) atoms. The molecule has 3 aromatic rings. The van der Waals surface area contributed by atoms with E-state index in [2.05, 4.69) is 5.32 Å². The van der Waals surface area contributed by atoms with Gasteiger partial charge in [-0.15, -0.1) is 0 Å². The van der Waals surface area contributed by atoms with Gasteiger partial charge in [-0.1, -0.05) is 30.3 Å². The minimum Gasteiger partial charge on any atom is -0.467 e. The monoisotopic (exact) mass is 374 g/mol. The number of furan rings is 1. The molecule has 2 heterocycles. The van der Waals surface area contributed by atoms with Crippen molar-refractivity contribution in [2.24, 2.45) is 0 Å². The third-order valence-corrected chi connectivity index (χ3v) is 4.85. The quantitative estimate of drug-likeness (QED) is 0.693. The molecule has 1 atom stereocenters. The van der Waals surface area contributed by atoms with Crippen molar-refractivity contribution in [3.63, 3.8) is 0 Å². The lowest BCUT2D eigenvalue weighted by Gasteiger charge is -2.22. The Morgan fingerprint density at radius 3 is 2.46 bits per heavy atom. The Balaban J connectivity index is 1.56. The van der Waals surface area contributed by atoms with Crippen molar-refractivity contribution in [1.82, 2.24) is 10.2 Å². The number of carbonyl (C=O) groups excluding carboxylic acids is 3. The third kappa shape index (κ3) is 3.09. The van der Waals surface area contributed by atoms with Crippen LogP contribution >= 0.6 is 0 Å². The van der Waals surface area contributed by atoms with Gasteiger partial charge in [-0.3, -0.25) is 19.3 Å². The lowest BCUT2D eigenvalue weighted by Crippen LogP contribution is -2.32. The first kappa shape index (κ1) is 17.7. The molecule has 0 unspecified atom stereocenters. The Labute approximate surface area is 161 Å². The van der Waals surface area contributed by atoms with Crippen LogP contribution in [0.3, 0.4) is 0 Å². The number of benzene rings is 2. The minimum atomic E-state index is -0.398. The van der Waals surface area contributed by atoms with E-state index >= 15 is 0 Å². The zero-order chi connectivity index (χ0) is 19.7. The molecule has 0 bridgehead atoms. The lowest BCUT2D eigenvalue weighted by molar-refractivity contribution is 0.0595. The summed E-state index contributed by atoms with van der Waals surface area (Å²) in [6.45, 7) is 2.06. The maximum absolute atomic E-state index is 12.9. The molecule has 0 spiro atoms. The normalized spacial score (nSPS) is 14.1. The van der Waals surface area contributed by atoms with E-state index in [9.17, 15) is 14.4 Å². The summed E-state index contributed by atoms with van der Waals surface area (Å²) in [6.07, 6.45) is 1.53. The zero-order valence-corrected chi connectivity index (χ0v) is 15.2. The van der Waals surface area contributed by atoms with Crippen LogP contribution in [0.25, 0.3) is 0 Å². The molecular weight excluding hydrogens is 356 g/mol. The van der Waals surface area contributed by atoms with E-state index in [4.69, 9.17) is 4.42 Å². The van der Waals surface area contributed by atoms with Crippen LogP contribution in [0.15, 0.2) is 71.3 Å². The highest BCUT2D eigenvalue weighted by molar-refractivity contribution is 6.22. The number of nitrogens with zero attached hydrogens (tertiary/aromatic N) is 1. The van der Waals surface area contributed by atoms with Crippen molar-refractivity contribution in [1.29, 1.82) is 0 Å². The van der Waals surface area contributed by atoms with Crippen molar-refractivity contribution >= 4 is 17.7 Å². The second kappa shape index (κ2) is 7.15. The van der Waals surface area contributed by atoms with Crippen molar-refractivity contribution in [2.45, 2.75) is 19.5 Å². The number of fused-ring (bicyclic) bond motifs is 1. The van der Waals surface area contributed by atoms with Gasteiger partial charge in [0.25, 0.3) is 17.7 Å². The summed E-state index contributed by atoms with van der Waals surface area (Å²) in [5, 5.41) is 2.74. The molecule has 2 aromatic carbocycles. The zero-order valence-electron chi connectivity index (χ0n) is 15.2. The molecule has 0 saturated heterocycles. The van der Waals surface area contributed by atoms with Gasteiger partial charge in [0.15, 0.2) is 0 Å². The number of imide groups is 1. The number of nitrogens with one attached hydrogen (secondary N) is 1. The van der Waals surface area contributed by atoms with Crippen LogP contribution in [0.4, 0.5) is 0 Å². The number of hydrogen-bond donors (Lipinski definition) is 1. The van der Waals surface area contributed by atoms with E-state index in [0.29, 0.717) is 16.9 Å². The Kier molecular flexibility index (Phi) is 4.53. The molecule has 1 N–H and O–H groups in total. The molecule has 1 aliphatic heterocycles. The van der Waals surface area contributed by atoms with Gasteiger partial charge in [0, 0.05) is 5.56 Å². The molecular formula is C22H18N2O4. The van der Waals surface area contributed by atoms with Crippen LogP contribution in [0.1, 0.15) is 55.4 Å². The summed E-state index contributed by atoms with van der Waals surface area (Å²) in [6, 6.07) is 17.0. The first-order chi connectivity index (χ1) is 13.6. The van der Waals surface area contributed by atoms with Crippen molar-refractivity contribution < 1.29 is 18.8 Å². The summed E-state index contributed by atoms with van der Waals surface area (Å²) in [4.78, 5) is 39.3. The van der Waals surface area contributed by atoms with Gasteiger partial charge in [0.2, 0.25) is 0 Å². The number of carbonyl (C=O) groups is 3. The maximum atomic E-state index is 12.9. The molecule has 6 nitrogen and oxygen atoms in total. The van der Waals surface area contributed by atoms with Gasteiger partial charge in [-0.2, -0.15) is 0 Å². The molecule has 0 saturated carbocycles. The van der Waals surface area contributed by atoms with Crippen molar-refractivity contribution in [2.75, 3.05) is 0 Å². The molecule has 0 radical (unpaired) electrons. The summed E-state index contributed by atoms with van der Waals surface area (Å²) in [5.74, 6) is -0.450. The molecule has 1 aromatic heterocycles. The SMILES string of the molecule is C[C@@H](c1ccccc1)N1C(=O)c2ccc(C(=O)NCc3ccco3)cc2C1=O. The van der Waals surface area contributed by atoms with Gasteiger partial charge in [0.05, 0.1) is 30.0 Å². The fourth-order valence-corrected chi connectivity index (χ4v) is 3.32. The number of hydrogen-bond acceptors (Lipinski definition) is 4. The van der Waals surface area contributed by atoms with Crippen molar-refractivity contribution in [3.8, 4) is 0 Å². The van der Waals surface area contributed by atoms with Crippen molar-refractivity contribution in [3.05, 3.63) is 94.9 Å². The fourth-order valence-electron chi connectivity index (χ4n) is 3.32. The van der Waals surface area contributed by atoms with Crippen LogP contribution in [-0.4, -0.2) is 22.6 Å². The van der Waals surface area contributed by atoms with Gasteiger partial charge in [-0.05, 0) is 42.8 Å². The molecule has 0 aliphatic carbocycles. The second-order valence-electron chi connectivity index (χ2n) is 6.59. The maximum Gasteiger partial charge on any atom is 0.262 e. The molecule has 1 aliphatic rings. The summed E-state index contributed by atoms with van der Waals surface area (Å²) >= 11 is 0. The van der Waals surface area contributed by atoms with E-state index < -0.39 is 11.9 Å². The van der Waals surface area contributed by atoms with Gasteiger partial charge in [0.1, 0.15) is 5.76 Å². The van der Waals surface area contributed by atoms with Gasteiger partial charge in [-0.25, -0.2) is 0 Å². The third-order valence-electron chi connectivity index (χ3n) is 4.85. The smallest absolute Gasteiger partial charge is 0.262 e. The van der Waals surface area contributed by atoms with E-state index in [1.807, 2.05) is 37.3 Å². The molecule has 140 valence electrons. The highest BCUT2D eigenvalue weighted by atomic mass is 16.3. The standard InChI is InChI=1S/C22H18N2O4/c1-14(15-6-3-2-4-7-15)24-21(26)18-10-9-16(12-19(18)22(24)27)20(25)23-13-17-8-5-11-28-17/h2-12,14H,13H2,1H3,(H,23,25)/t14-/m0/s1. The fraction of sp³-hybridized carbons (Fsp3) is 0.136. The Bertz CT molecular complexity index is 1040. The first-order valence-electron chi connectivity index (χ1n) is 8.93. The predicted octanol–water partition coefficient (Wildman–Crippen LogP) is 3.57. The average molecular weight is 374 g/mol. The van der Waals surface area contributed by atoms with Crippen LogP contribution in [0.2, 0.25) is 0 Å². The van der Waals surface area contributed by atoms with Crippen LogP contribution in [-0.2, 0) is 6.54 Å². The highest BCUT2D eigenvalue weighted by Crippen LogP contribution is 2.31. The van der Waals surface area contributed by atoms with E-state index in [1.165, 1.54) is 23.3 Å². The van der Waals surface area contributed by atoms with E-state index in [0.717, 1.165) is 5.56 Å². The second-order valence-corrected chi connectivity index (χ2v) is 6.59. The van der Waals surface area contributed by atoms with Gasteiger partial charge < -0.3 is 9.73 Å². The molecule has 4 rings (SSSR count). The van der Waals surface area contributed by atoms with E-state index in [-0.39, 0.29) is 23.9 Å². The van der Waals surface area contributed by atoms with Crippen LogP contribution in [0.5, 0.6) is 0 Å². The van der Waals surface area contributed by atoms with Crippen LogP contribution < -0.4 is 5.32 Å². The largest absolute Gasteiger partial charge is 0.467 e. The van der Waals surface area contributed by atoms with Crippen LogP contribution in [0, 0.1) is 0 Å². The Morgan fingerprint density at radius 2 is 1.75 bits per heavy atom. The Morgan fingerprint density at radius 1 is 1.00 bits per heavy atom. The summed E-state index contributed by atoms with van der Waals surface area (Å²) in [7, 11) is 0. The number of rotatable bonds is 5. The Hall–Kier alpha value is -3.67.